The number of carbonyl (C=O) groups is 2. The number of hydrogen-bond donors (Lipinski definition) is 1. The van der Waals surface area contributed by atoms with E-state index >= 15 is 0 Å². The van der Waals surface area contributed by atoms with Crippen LogP contribution in [0.25, 0.3) is 0 Å². The zero-order valence-electron chi connectivity index (χ0n) is 9.36. The maximum atomic E-state index is 11.9. The van der Waals surface area contributed by atoms with Crippen LogP contribution in [0.3, 0.4) is 0 Å². The molecule has 4 nitrogen and oxygen atoms in total. The summed E-state index contributed by atoms with van der Waals surface area (Å²) in [5.74, 6) is -0.263. The van der Waals surface area contributed by atoms with E-state index < -0.39 is 0 Å². The van der Waals surface area contributed by atoms with E-state index in [-0.39, 0.29) is 24.2 Å². The molecule has 0 aliphatic rings. The fourth-order valence-electron chi connectivity index (χ4n) is 1.36. The second kappa shape index (κ2) is 6.40. The molecule has 0 radical (unpaired) electrons. The van der Waals surface area contributed by atoms with E-state index in [1.807, 2.05) is 11.4 Å². The summed E-state index contributed by atoms with van der Waals surface area (Å²) in [5, 5.41) is 4.78. The van der Waals surface area contributed by atoms with Gasteiger partial charge in [0.2, 0.25) is 0 Å². The topological polar surface area (TPSA) is 55.4 Å². The monoisotopic (exact) mass is 241 g/mol. The number of thiophene rings is 1. The lowest BCUT2D eigenvalue weighted by Crippen LogP contribution is -2.34. The van der Waals surface area contributed by atoms with Crippen LogP contribution in [0.4, 0.5) is 0 Å². The molecule has 0 spiro atoms. The first kappa shape index (κ1) is 12.9. The average Bonchev–Trinajstić information content (AvgIpc) is 2.82. The second-order valence-corrected chi connectivity index (χ2v) is 4.25. The van der Waals surface area contributed by atoms with Crippen molar-refractivity contribution in [3.05, 3.63) is 22.4 Å². The molecule has 16 heavy (non-hydrogen) atoms. The summed E-state index contributed by atoms with van der Waals surface area (Å²) in [5.41, 5.74) is 0. The molecule has 0 bridgehead atoms. The number of ether oxygens (including phenoxy) is 1. The molecule has 0 fully saturated rings. The van der Waals surface area contributed by atoms with Crippen molar-refractivity contribution in [1.82, 2.24) is 5.32 Å². The minimum atomic E-state index is -0.322. The van der Waals surface area contributed by atoms with Gasteiger partial charge in [-0.25, -0.2) is 0 Å². The Kier molecular flexibility index (Phi) is 5.14. The summed E-state index contributed by atoms with van der Waals surface area (Å²) in [6.45, 7) is 0. The number of carbonyl (C=O) groups excluding carboxylic acids is 2. The first-order valence-corrected chi connectivity index (χ1v) is 5.88. The lowest BCUT2D eigenvalue weighted by Gasteiger charge is -2.12. The Morgan fingerprint density at radius 3 is 2.81 bits per heavy atom. The maximum Gasteiger partial charge on any atom is 0.305 e. The van der Waals surface area contributed by atoms with Gasteiger partial charge in [-0.3, -0.25) is 9.59 Å². The smallest absolute Gasteiger partial charge is 0.305 e. The number of rotatable bonds is 6. The van der Waals surface area contributed by atoms with Crippen LogP contribution in [-0.4, -0.2) is 32.0 Å². The maximum absolute atomic E-state index is 11.9. The summed E-state index contributed by atoms with van der Waals surface area (Å²) < 4.78 is 4.54. The fourth-order valence-corrected chi connectivity index (χ4v) is 2.08. The molecular weight excluding hydrogens is 226 g/mol. The predicted molar refractivity (Wildman–Crippen MR) is 62.7 cm³/mol. The van der Waals surface area contributed by atoms with E-state index in [0.29, 0.717) is 11.3 Å². The SMILES string of the molecule is CNC(CCC(=O)OC)C(=O)c1cccs1. The van der Waals surface area contributed by atoms with Gasteiger partial charge in [0.25, 0.3) is 0 Å². The van der Waals surface area contributed by atoms with Crippen molar-refractivity contribution in [1.29, 1.82) is 0 Å². The van der Waals surface area contributed by atoms with Gasteiger partial charge in [0, 0.05) is 6.42 Å². The molecule has 5 heteroatoms. The lowest BCUT2D eigenvalue weighted by molar-refractivity contribution is -0.140. The van der Waals surface area contributed by atoms with Crippen molar-refractivity contribution in [2.75, 3.05) is 14.2 Å². The highest BCUT2D eigenvalue weighted by Gasteiger charge is 2.20. The Morgan fingerprint density at radius 2 is 2.31 bits per heavy atom. The van der Waals surface area contributed by atoms with E-state index in [4.69, 9.17) is 0 Å². The van der Waals surface area contributed by atoms with Crippen LogP contribution in [0.2, 0.25) is 0 Å². The fraction of sp³-hybridized carbons (Fsp3) is 0.455. The second-order valence-electron chi connectivity index (χ2n) is 3.30. The number of ketones is 1. The van der Waals surface area contributed by atoms with Gasteiger partial charge in [0.1, 0.15) is 0 Å². The quantitative estimate of drug-likeness (QED) is 0.605. The Balaban J connectivity index is 2.54. The minimum absolute atomic E-state index is 0.0291. The van der Waals surface area contributed by atoms with Crippen molar-refractivity contribution in [2.45, 2.75) is 18.9 Å². The van der Waals surface area contributed by atoms with Crippen LogP contribution in [0.15, 0.2) is 17.5 Å². The predicted octanol–water partition coefficient (Wildman–Crippen LogP) is 1.47. The van der Waals surface area contributed by atoms with Crippen LogP contribution < -0.4 is 5.32 Å². The van der Waals surface area contributed by atoms with Gasteiger partial charge in [-0.05, 0) is 24.9 Å². The third kappa shape index (κ3) is 3.43. The van der Waals surface area contributed by atoms with Crippen LogP contribution in [0.1, 0.15) is 22.5 Å². The summed E-state index contributed by atoms with van der Waals surface area (Å²) in [7, 11) is 3.06. The van der Waals surface area contributed by atoms with E-state index in [9.17, 15) is 9.59 Å². The van der Waals surface area contributed by atoms with Gasteiger partial charge < -0.3 is 10.1 Å². The van der Waals surface area contributed by atoms with Gasteiger partial charge in [0.15, 0.2) is 5.78 Å². The van der Waals surface area contributed by atoms with Crippen molar-refractivity contribution < 1.29 is 14.3 Å². The number of likely N-dealkylation sites (N-methyl/N-ethyl adjacent to an activating group) is 1. The normalized spacial score (nSPS) is 12.1. The van der Waals surface area contributed by atoms with Crippen molar-refractivity contribution in [2.24, 2.45) is 0 Å². The van der Waals surface area contributed by atoms with Crippen LogP contribution in [-0.2, 0) is 9.53 Å². The summed E-state index contributed by atoms with van der Waals surface area (Å²) >= 11 is 1.41. The van der Waals surface area contributed by atoms with Gasteiger partial charge in [-0.2, -0.15) is 0 Å². The van der Waals surface area contributed by atoms with Crippen LogP contribution in [0.5, 0.6) is 0 Å². The van der Waals surface area contributed by atoms with E-state index in [0.717, 1.165) is 0 Å². The Hall–Kier alpha value is -1.20. The van der Waals surface area contributed by atoms with Gasteiger partial charge >= 0.3 is 5.97 Å². The third-order valence-corrected chi connectivity index (χ3v) is 3.18. The molecule has 88 valence electrons. The minimum Gasteiger partial charge on any atom is -0.469 e. The molecule has 0 saturated heterocycles. The Bertz CT molecular complexity index is 348. The van der Waals surface area contributed by atoms with E-state index in [1.165, 1.54) is 18.4 Å². The number of nitrogens with one attached hydrogen (secondary N) is 1. The number of methoxy groups -OCH3 is 1. The highest BCUT2D eigenvalue weighted by molar-refractivity contribution is 7.12. The molecule has 1 N–H and O–H groups in total. The van der Waals surface area contributed by atoms with Gasteiger partial charge in [-0.15, -0.1) is 11.3 Å². The largest absolute Gasteiger partial charge is 0.469 e. The molecule has 1 atom stereocenters. The van der Waals surface area contributed by atoms with Crippen LogP contribution in [0, 0.1) is 0 Å². The molecule has 1 unspecified atom stereocenters. The first-order valence-electron chi connectivity index (χ1n) is 5.00. The molecular formula is C11H15NO3S. The zero-order chi connectivity index (χ0) is 12.0. The van der Waals surface area contributed by atoms with Crippen LogP contribution >= 0.6 is 11.3 Å². The Labute approximate surface area is 98.6 Å². The highest BCUT2D eigenvalue weighted by Crippen LogP contribution is 2.13. The molecule has 1 aromatic rings. The molecule has 0 amide bonds. The highest BCUT2D eigenvalue weighted by atomic mass is 32.1. The van der Waals surface area contributed by atoms with Crippen molar-refractivity contribution in [3.63, 3.8) is 0 Å². The zero-order valence-corrected chi connectivity index (χ0v) is 10.2. The molecule has 0 saturated carbocycles. The van der Waals surface area contributed by atoms with Gasteiger partial charge in [0.05, 0.1) is 18.0 Å². The molecule has 0 aliphatic carbocycles. The summed E-state index contributed by atoms with van der Waals surface area (Å²) in [6, 6.07) is 3.30. The average molecular weight is 241 g/mol. The first-order chi connectivity index (χ1) is 7.69. The molecule has 0 aromatic carbocycles. The van der Waals surface area contributed by atoms with Crippen molar-refractivity contribution in [3.8, 4) is 0 Å². The number of esters is 1. The summed E-state index contributed by atoms with van der Waals surface area (Å²) in [4.78, 5) is 23.6. The van der Waals surface area contributed by atoms with Crippen molar-refractivity contribution >= 4 is 23.1 Å². The Morgan fingerprint density at radius 1 is 1.56 bits per heavy atom. The molecule has 1 heterocycles. The number of Topliss-reactive ketones (excluding diaryl/α,β-unsaturated/α-hetero) is 1. The lowest BCUT2D eigenvalue weighted by atomic mass is 10.1. The molecule has 1 aromatic heterocycles. The standard InChI is InChI=1S/C11H15NO3S/c1-12-8(5-6-10(13)15-2)11(14)9-4-3-7-16-9/h3-4,7-8,12H,5-6H2,1-2H3. The number of hydrogen-bond acceptors (Lipinski definition) is 5. The van der Waals surface area contributed by atoms with Gasteiger partial charge in [-0.1, -0.05) is 6.07 Å². The summed E-state index contributed by atoms with van der Waals surface area (Å²) in [6.07, 6.45) is 0.707. The molecule has 0 aliphatic heterocycles. The molecule has 1 rings (SSSR count). The third-order valence-electron chi connectivity index (χ3n) is 2.29. The van der Waals surface area contributed by atoms with E-state index in [1.54, 1.807) is 13.1 Å². The van der Waals surface area contributed by atoms with E-state index in [2.05, 4.69) is 10.1 Å².